The van der Waals surface area contributed by atoms with Gasteiger partial charge in [-0.3, -0.25) is 25.4 Å². The number of hydrogen-bond donors (Lipinski definition) is 3. The first-order valence-electron chi connectivity index (χ1n) is 6.12. The number of rotatable bonds is 6. The number of hydrazine groups is 1. The SMILES string of the molecule is NNc1cc(C(=O)NCCn2cccn2)ccc1[N+](=O)[O-]. The Labute approximate surface area is 119 Å². The van der Waals surface area contributed by atoms with Gasteiger partial charge in [0.2, 0.25) is 0 Å². The maximum absolute atomic E-state index is 11.9. The van der Waals surface area contributed by atoms with Gasteiger partial charge in [-0.15, -0.1) is 0 Å². The maximum Gasteiger partial charge on any atom is 0.293 e. The van der Waals surface area contributed by atoms with Crippen molar-refractivity contribution >= 4 is 17.3 Å². The number of carbonyl (C=O) groups is 1. The Morgan fingerprint density at radius 3 is 2.90 bits per heavy atom. The lowest BCUT2D eigenvalue weighted by Gasteiger charge is -2.07. The van der Waals surface area contributed by atoms with E-state index in [2.05, 4.69) is 15.8 Å². The van der Waals surface area contributed by atoms with Crippen molar-refractivity contribution in [3.8, 4) is 0 Å². The molecule has 0 aliphatic heterocycles. The third-order valence-corrected chi connectivity index (χ3v) is 2.80. The molecule has 1 aromatic carbocycles. The van der Waals surface area contributed by atoms with Gasteiger partial charge in [0.05, 0.1) is 11.5 Å². The van der Waals surface area contributed by atoms with E-state index in [0.29, 0.717) is 13.1 Å². The summed E-state index contributed by atoms with van der Waals surface area (Å²) >= 11 is 0. The van der Waals surface area contributed by atoms with Gasteiger partial charge in [0, 0.05) is 30.6 Å². The molecule has 0 radical (unpaired) electrons. The molecule has 2 aromatic rings. The number of nitrogens with two attached hydrogens (primary N) is 1. The van der Waals surface area contributed by atoms with Crippen LogP contribution in [0.2, 0.25) is 0 Å². The average Bonchev–Trinajstić information content (AvgIpc) is 2.99. The fourth-order valence-corrected chi connectivity index (χ4v) is 1.77. The molecular weight excluding hydrogens is 276 g/mol. The smallest absolute Gasteiger partial charge is 0.293 e. The summed E-state index contributed by atoms with van der Waals surface area (Å²) in [6, 6.07) is 5.73. The highest BCUT2D eigenvalue weighted by Gasteiger charge is 2.15. The first-order valence-corrected chi connectivity index (χ1v) is 6.12. The van der Waals surface area contributed by atoms with Crippen molar-refractivity contribution in [2.24, 2.45) is 5.84 Å². The van der Waals surface area contributed by atoms with E-state index in [4.69, 9.17) is 5.84 Å². The monoisotopic (exact) mass is 290 g/mol. The highest BCUT2D eigenvalue weighted by atomic mass is 16.6. The lowest BCUT2D eigenvalue weighted by atomic mass is 10.1. The van der Waals surface area contributed by atoms with Gasteiger partial charge >= 0.3 is 0 Å². The largest absolute Gasteiger partial charge is 0.350 e. The molecule has 2 rings (SSSR count). The fourth-order valence-electron chi connectivity index (χ4n) is 1.77. The second-order valence-corrected chi connectivity index (χ2v) is 4.16. The first kappa shape index (κ1) is 14.5. The summed E-state index contributed by atoms with van der Waals surface area (Å²) in [5.74, 6) is 4.88. The summed E-state index contributed by atoms with van der Waals surface area (Å²) in [5.41, 5.74) is 2.39. The van der Waals surface area contributed by atoms with Gasteiger partial charge in [-0.1, -0.05) is 0 Å². The molecule has 1 amide bonds. The third-order valence-electron chi connectivity index (χ3n) is 2.80. The number of nitro benzene ring substituents is 1. The summed E-state index contributed by atoms with van der Waals surface area (Å²) < 4.78 is 1.68. The Bertz CT molecular complexity index is 640. The van der Waals surface area contributed by atoms with Crippen LogP contribution < -0.4 is 16.6 Å². The molecule has 21 heavy (non-hydrogen) atoms. The number of benzene rings is 1. The second kappa shape index (κ2) is 6.48. The molecular formula is C12H14N6O3. The summed E-state index contributed by atoms with van der Waals surface area (Å²) in [6.07, 6.45) is 3.44. The molecule has 0 saturated heterocycles. The number of nitro groups is 1. The van der Waals surface area contributed by atoms with Crippen LogP contribution in [0.1, 0.15) is 10.4 Å². The van der Waals surface area contributed by atoms with Crippen LogP contribution in [-0.2, 0) is 6.54 Å². The Kier molecular flexibility index (Phi) is 4.46. The van der Waals surface area contributed by atoms with Gasteiger partial charge in [0.15, 0.2) is 0 Å². The van der Waals surface area contributed by atoms with Gasteiger partial charge < -0.3 is 10.7 Å². The number of nitrogens with zero attached hydrogens (tertiary/aromatic N) is 3. The molecule has 1 aromatic heterocycles. The van der Waals surface area contributed by atoms with Gasteiger partial charge in [0.1, 0.15) is 5.69 Å². The number of hydrogen-bond acceptors (Lipinski definition) is 6. The lowest BCUT2D eigenvalue weighted by Crippen LogP contribution is -2.27. The minimum absolute atomic E-state index is 0.0831. The zero-order valence-corrected chi connectivity index (χ0v) is 11.0. The molecule has 0 saturated carbocycles. The molecule has 9 nitrogen and oxygen atoms in total. The van der Waals surface area contributed by atoms with Gasteiger partial charge in [-0.05, 0) is 18.2 Å². The van der Waals surface area contributed by atoms with E-state index >= 15 is 0 Å². The van der Waals surface area contributed by atoms with Crippen LogP contribution in [0.25, 0.3) is 0 Å². The molecule has 1 heterocycles. The molecule has 0 aliphatic carbocycles. The first-order chi connectivity index (χ1) is 10.1. The zero-order chi connectivity index (χ0) is 15.2. The highest BCUT2D eigenvalue weighted by Crippen LogP contribution is 2.24. The van der Waals surface area contributed by atoms with Crippen LogP contribution in [0.15, 0.2) is 36.7 Å². The van der Waals surface area contributed by atoms with Crippen LogP contribution in [-0.4, -0.2) is 27.2 Å². The third kappa shape index (κ3) is 3.54. The number of carbonyl (C=O) groups excluding carboxylic acids is 1. The maximum atomic E-state index is 11.9. The van der Waals surface area contributed by atoms with E-state index in [-0.39, 0.29) is 22.8 Å². The van der Waals surface area contributed by atoms with E-state index in [1.807, 2.05) is 0 Å². The summed E-state index contributed by atoms with van der Waals surface area (Å²) in [4.78, 5) is 22.1. The molecule has 0 bridgehead atoms. The normalized spacial score (nSPS) is 10.1. The molecule has 4 N–H and O–H groups in total. The Morgan fingerprint density at radius 1 is 1.48 bits per heavy atom. The van der Waals surface area contributed by atoms with E-state index < -0.39 is 4.92 Å². The van der Waals surface area contributed by atoms with E-state index in [1.165, 1.54) is 18.2 Å². The minimum Gasteiger partial charge on any atom is -0.350 e. The summed E-state index contributed by atoms with van der Waals surface area (Å²) in [7, 11) is 0. The van der Waals surface area contributed by atoms with Crippen molar-refractivity contribution in [3.05, 3.63) is 52.3 Å². The number of anilines is 1. The highest BCUT2D eigenvalue weighted by molar-refractivity contribution is 5.95. The van der Waals surface area contributed by atoms with Crippen molar-refractivity contribution in [1.82, 2.24) is 15.1 Å². The van der Waals surface area contributed by atoms with Gasteiger partial charge in [-0.2, -0.15) is 5.10 Å². The van der Waals surface area contributed by atoms with Crippen LogP contribution in [0.5, 0.6) is 0 Å². The molecule has 9 heteroatoms. The topological polar surface area (TPSA) is 128 Å². The number of nitrogens with one attached hydrogen (secondary N) is 2. The Balaban J connectivity index is 2.00. The van der Waals surface area contributed by atoms with Crippen molar-refractivity contribution in [3.63, 3.8) is 0 Å². The fraction of sp³-hybridized carbons (Fsp3) is 0.167. The van der Waals surface area contributed by atoms with Crippen molar-refractivity contribution in [2.45, 2.75) is 6.54 Å². The zero-order valence-electron chi connectivity index (χ0n) is 11.0. The van der Waals surface area contributed by atoms with E-state index in [1.54, 1.807) is 23.1 Å². The van der Waals surface area contributed by atoms with Crippen molar-refractivity contribution in [2.75, 3.05) is 12.0 Å². The Morgan fingerprint density at radius 2 is 2.29 bits per heavy atom. The summed E-state index contributed by atoms with van der Waals surface area (Å²) in [6.45, 7) is 0.927. The second-order valence-electron chi connectivity index (χ2n) is 4.16. The number of nitrogen functional groups attached to an aromatic ring is 1. The Hall–Kier alpha value is -2.94. The molecule has 0 unspecified atom stereocenters. The number of amides is 1. The molecule has 0 fully saturated rings. The summed E-state index contributed by atoms with van der Waals surface area (Å²) in [5, 5.41) is 17.5. The predicted molar refractivity (Wildman–Crippen MR) is 75.5 cm³/mol. The molecule has 0 spiro atoms. The predicted octanol–water partition coefficient (Wildman–Crippen LogP) is 0.507. The van der Waals surface area contributed by atoms with Crippen LogP contribution in [0.4, 0.5) is 11.4 Å². The van der Waals surface area contributed by atoms with Gasteiger partial charge in [-0.25, -0.2) is 0 Å². The van der Waals surface area contributed by atoms with Crippen LogP contribution in [0.3, 0.4) is 0 Å². The van der Waals surface area contributed by atoms with E-state index in [0.717, 1.165) is 0 Å². The van der Waals surface area contributed by atoms with Crippen molar-refractivity contribution in [1.29, 1.82) is 0 Å². The molecule has 0 atom stereocenters. The number of aromatic nitrogens is 2. The lowest BCUT2D eigenvalue weighted by molar-refractivity contribution is -0.384. The minimum atomic E-state index is -0.575. The molecule has 110 valence electrons. The average molecular weight is 290 g/mol. The molecule has 0 aliphatic rings. The van der Waals surface area contributed by atoms with Crippen molar-refractivity contribution < 1.29 is 9.72 Å². The van der Waals surface area contributed by atoms with E-state index in [9.17, 15) is 14.9 Å². The van der Waals surface area contributed by atoms with Crippen LogP contribution >= 0.6 is 0 Å². The quantitative estimate of drug-likeness (QED) is 0.404. The van der Waals surface area contributed by atoms with Crippen LogP contribution in [0, 0.1) is 10.1 Å². The standard InChI is InChI=1S/C12H14N6O3/c13-16-10-8-9(2-3-11(10)18(20)21)12(19)14-5-7-17-6-1-4-15-17/h1-4,6,8,16H,5,7,13H2,(H,14,19). The van der Waals surface area contributed by atoms with Gasteiger partial charge in [0.25, 0.3) is 11.6 Å².